The van der Waals surface area contributed by atoms with Crippen LogP contribution in [0.1, 0.15) is 57.8 Å². The molecule has 3 aromatic heterocycles. The van der Waals surface area contributed by atoms with Crippen molar-refractivity contribution in [3.8, 4) is 6.07 Å². The van der Waals surface area contributed by atoms with Gasteiger partial charge in [-0.1, -0.05) is 18.2 Å². The van der Waals surface area contributed by atoms with Crippen LogP contribution in [0, 0.1) is 17.2 Å². The molecule has 0 bridgehead atoms. The predicted octanol–water partition coefficient (Wildman–Crippen LogP) is 4.48. The molecule has 0 unspecified atom stereocenters. The first-order valence-electron chi connectivity index (χ1n) is 12.9. The number of rotatable bonds is 7. The van der Waals surface area contributed by atoms with E-state index in [1.165, 1.54) is 10.2 Å². The van der Waals surface area contributed by atoms with Crippen LogP contribution in [0.15, 0.2) is 53.7 Å². The van der Waals surface area contributed by atoms with Gasteiger partial charge in [-0.05, 0) is 63.6 Å². The highest BCUT2D eigenvalue weighted by molar-refractivity contribution is 7.90. The van der Waals surface area contributed by atoms with Crippen LogP contribution in [0.5, 0.6) is 0 Å². The van der Waals surface area contributed by atoms with Gasteiger partial charge in [-0.2, -0.15) is 5.26 Å². The lowest BCUT2D eigenvalue weighted by Gasteiger charge is -2.30. The maximum atomic E-state index is 13.4. The molecule has 2 N–H and O–H groups in total. The number of nitrogens with one attached hydrogen (secondary N) is 2. The molecule has 1 saturated carbocycles. The molecule has 4 aromatic rings. The Kier molecular flexibility index (Phi) is 7.08. The normalized spacial score (nSPS) is 18.1. The Balaban J connectivity index is 1.60. The number of carbonyl (C=O) groups is 1. The monoisotopic (exact) mass is 533 g/mol. The molecule has 0 saturated heterocycles. The van der Waals surface area contributed by atoms with Crippen LogP contribution in [0.4, 0.5) is 4.79 Å². The fraction of sp³-hybridized carbons (Fsp3) is 0.407. The summed E-state index contributed by atoms with van der Waals surface area (Å²) in [5.41, 5.74) is 1.78. The number of pyridine rings is 1. The summed E-state index contributed by atoms with van der Waals surface area (Å²) in [5.74, 6) is 1.07. The summed E-state index contributed by atoms with van der Waals surface area (Å²) in [6.45, 7) is 4.01. The first-order chi connectivity index (χ1) is 18.3. The van der Waals surface area contributed by atoms with Gasteiger partial charge in [0.05, 0.1) is 29.2 Å². The lowest BCUT2D eigenvalue weighted by Crippen LogP contribution is -2.39. The first kappa shape index (κ1) is 25.7. The van der Waals surface area contributed by atoms with E-state index in [4.69, 9.17) is 10.2 Å². The van der Waals surface area contributed by atoms with Gasteiger partial charge in [0.1, 0.15) is 11.3 Å². The second kappa shape index (κ2) is 10.5. The predicted molar refractivity (Wildman–Crippen MR) is 144 cm³/mol. The summed E-state index contributed by atoms with van der Waals surface area (Å²) in [5, 5.41) is 15.6. The lowest BCUT2D eigenvalue weighted by molar-refractivity contribution is 0.237. The maximum absolute atomic E-state index is 13.4. The standard InChI is InChI=1S/C27H31N7O3S/c1-18(2)31-27(35)30-17-24-32-23-16-29-26-22(13-15-33(26)38(36,37)21-6-4-3-5-7-21)25(23)34(24)20-10-8-19(9-11-20)12-14-28/h3-7,13,15-16,18-20H,8-12,17H2,1-2H3,(H2,30,31,35)/t19-,20-. The van der Waals surface area contributed by atoms with Crippen molar-refractivity contribution in [2.24, 2.45) is 5.92 Å². The molecule has 198 valence electrons. The van der Waals surface area contributed by atoms with E-state index in [0.717, 1.165) is 31.2 Å². The molecule has 10 nitrogen and oxygen atoms in total. The minimum absolute atomic E-state index is 0.000572. The highest BCUT2D eigenvalue weighted by atomic mass is 32.2. The second-order valence-electron chi connectivity index (χ2n) is 10.1. The summed E-state index contributed by atoms with van der Waals surface area (Å²) < 4.78 is 30.2. The van der Waals surface area contributed by atoms with Crippen LogP contribution in [0.3, 0.4) is 0 Å². The number of benzene rings is 1. The number of nitrogens with zero attached hydrogens (tertiary/aromatic N) is 5. The summed E-state index contributed by atoms with van der Waals surface area (Å²) in [7, 11) is -3.84. The van der Waals surface area contributed by atoms with E-state index < -0.39 is 10.0 Å². The fourth-order valence-corrected chi connectivity index (χ4v) is 6.65. The minimum Gasteiger partial charge on any atom is -0.336 e. The number of fused-ring (bicyclic) bond motifs is 3. The van der Waals surface area contributed by atoms with Gasteiger partial charge in [0.2, 0.25) is 0 Å². The fourth-order valence-electron chi connectivity index (χ4n) is 5.32. The largest absolute Gasteiger partial charge is 0.336 e. The summed E-state index contributed by atoms with van der Waals surface area (Å²) in [4.78, 5) is 21.8. The molecule has 1 aliphatic carbocycles. The molecule has 1 fully saturated rings. The number of nitriles is 1. The van der Waals surface area contributed by atoms with E-state index in [0.29, 0.717) is 34.7 Å². The number of amides is 2. The molecule has 11 heteroatoms. The van der Waals surface area contributed by atoms with E-state index in [2.05, 4.69) is 26.3 Å². The average Bonchev–Trinajstić information content (AvgIpc) is 3.50. The van der Waals surface area contributed by atoms with Crippen molar-refractivity contribution in [2.45, 2.75) is 69.5 Å². The summed E-state index contributed by atoms with van der Waals surface area (Å²) >= 11 is 0. The van der Waals surface area contributed by atoms with E-state index >= 15 is 0 Å². The van der Waals surface area contributed by atoms with E-state index in [9.17, 15) is 13.2 Å². The molecule has 5 rings (SSSR count). The summed E-state index contributed by atoms with van der Waals surface area (Å²) in [6, 6.07) is 12.2. The molecule has 0 spiro atoms. The Hall–Kier alpha value is -3.91. The Labute approximate surface area is 221 Å². The lowest BCUT2D eigenvalue weighted by atomic mass is 9.84. The highest BCUT2D eigenvalue weighted by Gasteiger charge is 2.28. The van der Waals surface area contributed by atoms with Gasteiger partial charge in [-0.3, -0.25) is 0 Å². The Morgan fingerprint density at radius 1 is 1.16 bits per heavy atom. The number of carbonyl (C=O) groups excluding carboxylic acids is 1. The van der Waals surface area contributed by atoms with Gasteiger partial charge in [-0.25, -0.2) is 27.2 Å². The van der Waals surface area contributed by atoms with Crippen LogP contribution < -0.4 is 10.6 Å². The SMILES string of the molecule is CC(C)NC(=O)NCc1nc2cnc3c(ccn3S(=O)(=O)c3ccccc3)c2n1[C@H]1CC[C@H](CC#N)CC1. The smallest absolute Gasteiger partial charge is 0.315 e. The molecule has 1 aliphatic rings. The quantitative estimate of drug-likeness (QED) is 0.360. The van der Waals surface area contributed by atoms with Crippen molar-refractivity contribution in [3.63, 3.8) is 0 Å². The van der Waals surface area contributed by atoms with Gasteiger partial charge >= 0.3 is 6.03 Å². The van der Waals surface area contributed by atoms with Gasteiger partial charge < -0.3 is 15.2 Å². The molecule has 1 aromatic carbocycles. The zero-order valence-electron chi connectivity index (χ0n) is 21.5. The highest BCUT2D eigenvalue weighted by Crippen LogP contribution is 2.38. The van der Waals surface area contributed by atoms with Gasteiger partial charge in [0.25, 0.3) is 10.0 Å². The zero-order valence-corrected chi connectivity index (χ0v) is 22.3. The van der Waals surface area contributed by atoms with Crippen molar-refractivity contribution in [2.75, 3.05) is 0 Å². The Morgan fingerprint density at radius 3 is 2.58 bits per heavy atom. The van der Waals surface area contributed by atoms with Crippen LogP contribution in [0.25, 0.3) is 22.1 Å². The van der Waals surface area contributed by atoms with Crippen molar-refractivity contribution in [1.82, 2.24) is 29.1 Å². The third-order valence-electron chi connectivity index (χ3n) is 7.09. The van der Waals surface area contributed by atoms with Crippen LogP contribution in [-0.4, -0.2) is 39.0 Å². The maximum Gasteiger partial charge on any atom is 0.315 e. The number of aromatic nitrogens is 4. The van der Waals surface area contributed by atoms with Crippen LogP contribution in [0.2, 0.25) is 0 Å². The van der Waals surface area contributed by atoms with E-state index in [1.807, 2.05) is 13.8 Å². The molecule has 0 atom stereocenters. The Bertz CT molecular complexity index is 1610. The number of hydrogen-bond acceptors (Lipinski definition) is 6. The molecule has 3 heterocycles. The summed E-state index contributed by atoms with van der Waals surface area (Å²) in [6.07, 6.45) is 7.28. The molecule has 0 radical (unpaired) electrons. The van der Waals surface area contributed by atoms with E-state index in [1.54, 1.807) is 42.6 Å². The van der Waals surface area contributed by atoms with Gasteiger partial charge in [0, 0.05) is 30.1 Å². The Morgan fingerprint density at radius 2 is 1.89 bits per heavy atom. The van der Waals surface area contributed by atoms with Gasteiger partial charge in [0.15, 0.2) is 5.65 Å². The third-order valence-corrected chi connectivity index (χ3v) is 8.77. The van der Waals surface area contributed by atoms with E-state index in [-0.39, 0.29) is 29.6 Å². The zero-order chi connectivity index (χ0) is 26.9. The topological polar surface area (TPSA) is 135 Å². The molecular weight excluding hydrogens is 502 g/mol. The van der Waals surface area contributed by atoms with Crippen molar-refractivity contribution < 1.29 is 13.2 Å². The van der Waals surface area contributed by atoms with Crippen LogP contribution in [-0.2, 0) is 16.6 Å². The van der Waals surface area contributed by atoms with Crippen molar-refractivity contribution >= 4 is 38.1 Å². The first-order valence-corrected chi connectivity index (χ1v) is 14.3. The molecular formula is C27H31N7O3S. The second-order valence-corrected chi connectivity index (χ2v) is 11.9. The number of imidazole rings is 1. The third kappa shape index (κ3) is 4.84. The number of urea groups is 1. The average molecular weight is 534 g/mol. The van der Waals surface area contributed by atoms with Crippen molar-refractivity contribution in [1.29, 1.82) is 5.26 Å². The molecule has 2 amide bonds. The minimum atomic E-state index is -3.84. The van der Waals surface area contributed by atoms with Gasteiger partial charge in [-0.15, -0.1) is 0 Å². The van der Waals surface area contributed by atoms with Crippen LogP contribution >= 0.6 is 0 Å². The molecule has 0 aliphatic heterocycles. The van der Waals surface area contributed by atoms with Crippen molar-refractivity contribution in [3.05, 3.63) is 54.6 Å². The number of hydrogen-bond donors (Lipinski definition) is 2. The molecule has 38 heavy (non-hydrogen) atoms.